The van der Waals surface area contributed by atoms with Crippen molar-refractivity contribution in [2.24, 2.45) is 0 Å². The van der Waals surface area contributed by atoms with Crippen LogP contribution in [0.25, 0.3) is 5.65 Å². The van der Waals surface area contributed by atoms with Crippen molar-refractivity contribution in [3.8, 4) is 5.75 Å². The number of hydrogen-bond donors (Lipinski definition) is 3. The SMILES string of the molecule is CN1CCN(c2cc3c(cc2NC(O)c2cnn4cccnc24)C[C@](C)(CO)O3)CC1. The fourth-order valence-corrected chi connectivity index (χ4v) is 4.33. The normalized spacial score (nSPS) is 22.4. The lowest BCUT2D eigenvalue weighted by molar-refractivity contribution is 0.0447. The first-order valence-corrected chi connectivity index (χ1v) is 10.6. The Labute approximate surface area is 180 Å². The Morgan fingerprint density at radius 1 is 1.26 bits per heavy atom. The third-order valence-corrected chi connectivity index (χ3v) is 6.17. The number of fused-ring (bicyclic) bond motifs is 2. The molecule has 0 bridgehead atoms. The van der Waals surface area contributed by atoms with E-state index in [1.165, 1.54) is 0 Å². The highest BCUT2D eigenvalue weighted by molar-refractivity contribution is 5.75. The van der Waals surface area contributed by atoms with E-state index in [2.05, 4.69) is 32.2 Å². The lowest BCUT2D eigenvalue weighted by Crippen LogP contribution is -2.44. The summed E-state index contributed by atoms with van der Waals surface area (Å²) in [4.78, 5) is 8.96. The number of piperazine rings is 1. The molecule has 0 saturated carbocycles. The van der Waals surface area contributed by atoms with E-state index in [1.807, 2.05) is 19.1 Å². The molecule has 1 unspecified atom stereocenters. The number of nitrogens with one attached hydrogen (secondary N) is 1. The molecule has 4 heterocycles. The molecule has 0 spiro atoms. The second-order valence-electron chi connectivity index (χ2n) is 8.69. The minimum atomic E-state index is -0.969. The van der Waals surface area contributed by atoms with Crippen molar-refractivity contribution in [3.63, 3.8) is 0 Å². The Hall–Kier alpha value is -2.88. The van der Waals surface area contributed by atoms with Gasteiger partial charge in [-0.05, 0) is 26.1 Å². The molecule has 0 aliphatic carbocycles. The highest BCUT2D eigenvalue weighted by Gasteiger charge is 2.36. The van der Waals surface area contributed by atoms with Crippen LogP contribution in [0.4, 0.5) is 11.4 Å². The Balaban J connectivity index is 1.50. The molecule has 164 valence electrons. The second kappa shape index (κ2) is 7.67. The van der Waals surface area contributed by atoms with Crippen LogP contribution in [0.1, 0.15) is 24.3 Å². The van der Waals surface area contributed by atoms with Crippen LogP contribution in [0, 0.1) is 0 Å². The maximum absolute atomic E-state index is 11.0. The molecule has 5 rings (SSSR count). The maximum atomic E-state index is 11.0. The lowest BCUT2D eigenvalue weighted by atomic mass is 9.99. The number of aliphatic hydroxyl groups excluding tert-OH is 2. The minimum absolute atomic E-state index is 0.0506. The summed E-state index contributed by atoms with van der Waals surface area (Å²) in [6.45, 7) is 5.56. The number of rotatable bonds is 5. The minimum Gasteiger partial charge on any atom is -0.484 e. The molecule has 9 nitrogen and oxygen atoms in total. The van der Waals surface area contributed by atoms with Gasteiger partial charge in [-0.1, -0.05) is 0 Å². The summed E-state index contributed by atoms with van der Waals surface area (Å²) in [5, 5.41) is 28.4. The molecule has 0 amide bonds. The molecule has 1 fully saturated rings. The van der Waals surface area contributed by atoms with E-state index >= 15 is 0 Å². The number of benzene rings is 1. The van der Waals surface area contributed by atoms with Gasteiger partial charge in [0.1, 0.15) is 11.4 Å². The van der Waals surface area contributed by atoms with Crippen LogP contribution in [-0.4, -0.2) is 75.1 Å². The monoisotopic (exact) mass is 424 g/mol. The van der Waals surface area contributed by atoms with Gasteiger partial charge in [0, 0.05) is 56.6 Å². The summed E-state index contributed by atoms with van der Waals surface area (Å²) in [6, 6.07) is 5.87. The molecule has 31 heavy (non-hydrogen) atoms. The highest BCUT2D eigenvalue weighted by atomic mass is 16.5. The van der Waals surface area contributed by atoms with Gasteiger partial charge in [-0.2, -0.15) is 5.10 Å². The number of aromatic nitrogens is 3. The molecule has 2 aliphatic rings. The summed E-state index contributed by atoms with van der Waals surface area (Å²) in [6.07, 6.45) is 4.77. The first-order chi connectivity index (χ1) is 15.0. The van der Waals surface area contributed by atoms with Crippen LogP contribution in [0.2, 0.25) is 0 Å². The van der Waals surface area contributed by atoms with Gasteiger partial charge in [0.15, 0.2) is 11.9 Å². The summed E-state index contributed by atoms with van der Waals surface area (Å²) in [5.74, 6) is 0.795. The first-order valence-electron chi connectivity index (χ1n) is 10.6. The van der Waals surface area contributed by atoms with E-state index in [0.29, 0.717) is 17.6 Å². The number of likely N-dealkylation sites (N-methyl/N-ethyl adjacent to an activating group) is 1. The van der Waals surface area contributed by atoms with Crippen molar-refractivity contribution in [3.05, 3.63) is 47.9 Å². The van der Waals surface area contributed by atoms with Crippen LogP contribution in [0.15, 0.2) is 36.8 Å². The summed E-state index contributed by atoms with van der Waals surface area (Å²) in [7, 11) is 2.12. The summed E-state index contributed by atoms with van der Waals surface area (Å²) < 4.78 is 7.73. The average molecular weight is 425 g/mol. The third-order valence-electron chi connectivity index (χ3n) is 6.17. The van der Waals surface area contributed by atoms with E-state index in [9.17, 15) is 10.2 Å². The Kier molecular flexibility index (Phi) is 4.96. The molecule has 2 aromatic heterocycles. The zero-order valence-corrected chi connectivity index (χ0v) is 17.8. The molecular formula is C22H28N6O3. The standard InChI is InChI=1S/C22H28N6O3/c1-22(14-29)12-15-10-17(18(11-19(15)31-22)27-8-6-26(2)7-9-27)25-21(30)16-13-24-28-5-3-4-23-20(16)28/h3-5,10-11,13,21,25,29-30H,6-9,12,14H2,1-2H3/t21?,22-/m1/s1. The molecule has 3 aromatic rings. The largest absolute Gasteiger partial charge is 0.484 e. The second-order valence-corrected chi connectivity index (χ2v) is 8.69. The Bertz CT molecular complexity index is 1090. The molecule has 3 N–H and O–H groups in total. The smallest absolute Gasteiger partial charge is 0.162 e. The van der Waals surface area contributed by atoms with Gasteiger partial charge in [-0.15, -0.1) is 0 Å². The molecule has 0 radical (unpaired) electrons. The molecule has 1 saturated heterocycles. The van der Waals surface area contributed by atoms with Crippen molar-refractivity contribution < 1.29 is 14.9 Å². The Morgan fingerprint density at radius 3 is 2.84 bits per heavy atom. The third kappa shape index (κ3) is 3.69. The van der Waals surface area contributed by atoms with Crippen molar-refractivity contribution in [1.29, 1.82) is 0 Å². The predicted octanol–water partition coefficient (Wildman–Crippen LogP) is 1.27. The zero-order chi connectivity index (χ0) is 21.6. The maximum Gasteiger partial charge on any atom is 0.162 e. The molecular weight excluding hydrogens is 396 g/mol. The van der Waals surface area contributed by atoms with Crippen molar-refractivity contribution in [2.45, 2.75) is 25.2 Å². The van der Waals surface area contributed by atoms with Crippen molar-refractivity contribution >= 4 is 17.0 Å². The number of hydrogen-bond acceptors (Lipinski definition) is 8. The number of ether oxygens (including phenoxy) is 1. The van der Waals surface area contributed by atoms with E-state index < -0.39 is 11.8 Å². The van der Waals surface area contributed by atoms with Gasteiger partial charge in [0.05, 0.1) is 29.7 Å². The van der Waals surface area contributed by atoms with E-state index in [0.717, 1.165) is 48.9 Å². The van der Waals surface area contributed by atoms with Gasteiger partial charge in [-0.3, -0.25) is 0 Å². The van der Waals surface area contributed by atoms with E-state index in [4.69, 9.17) is 4.74 Å². The van der Waals surface area contributed by atoms with Crippen LogP contribution >= 0.6 is 0 Å². The summed E-state index contributed by atoms with van der Waals surface area (Å²) >= 11 is 0. The lowest BCUT2D eigenvalue weighted by Gasteiger charge is -2.35. The number of aliphatic hydroxyl groups is 2. The molecule has 2 aliphatic heterocycles. The van der Waals surface area contributed by atoms with Crippen molar-refractivity contribution in [2.75, 3.05) is 50.1 Å². The van der Waals surface area contributed by atoms with Crippen LogP contribution in [0.3, 0.4) is 0 Å². The average Bonchev–Trinajstić information content (AvgIpc) is 3.34. The fraction of sp³-hybridized carbons (Fsp3) is 0.455. The van der Waals surface area contributed by atoms with Crippen LogP contribution < -0.4 is 15.0 Å². The Morgan fingerprint density at radius 2 is 2.06 bits per heavy atom. The van der Waals surface area contributed by atoms with E-state index in [-0.39, 0.29) is 6.61 Å². The highest BCUT2D eigenvalue weighted by Crippen LogP contribution is 2.42. The van der Waals surface area contributed by atoms with Gasteiger partial charge in [0.25, 0.3) is 0 Å². The first kappa shape index (κ1) is 20.0. The summed E-state index contributed by atoms with van der Waals surface area (Å²) in [5.41, 5.74) is 3.44. The fourth-order valence-electron chi connectivity index (χ4n) is 4.33. The predicted molar refractivity (Wildman–Crippen MR) is 118 cm³/mol. The van der Waals surface area contributed by atoms with Gasteiger partial charge >= 0.3 is 0 Å². The zero-order valence-electron chi connectivity index (χ0n) is 17.8. The van der Waals surface area contributed by atoms with Crippen LogP contribution in [-0.2, 0) is 6.42 Å². The molecule has 9 heteroatoms. The topological polar surface area (TPSA) is 98.4 Å². The van der Waals surface area contributed by atoms with Crippen LogP contribution in [0.5, 0.6) is 5.75 Å². The number of nitrogens with zero attached hydrogens (tertiary/aromatic N) is 5. The molecule has 2 atom stereocenters. The van der Waals surface area contributed by atoms with E-state index in [1.54, 1.807) is 29.2 Å². The van der Waals surface area contributed by atoms with Crippen molar-refractivity contribution in [1.82, 2.24) is 19.5 Å². The quantitative estimate of drug-likeness (QED) is 0.527. The number of anilines is 2. The molecule has 1 aromatic carbocycles. The van der Waals surface area contributed by atoms with Gasteiger partial charge in [-0.25, -0.2) is 9.50 Å². The van der Waals surface area contributed by atoms with Gasteiger partial charge in [0.2, 0.25) is 0 Å². The van der Waals surface area contributed by atoms with Gasteiger partial charge < -0.3 is 30.1 Å².